The van der Waals surface area contributed by atoms with Crippen molar-refractivity contribution in [2.75, 3.05) is 88.6 Å². The molecule has 7 rings (SSSR count). The summed E-state index contributed by atoms with van der Waals surface area (Å²) in [5, 5.41) is 7.66. The monoisotopic (exact) mass is 1450 g/mol. The summed E-state index contributed by atoms with van der Waals surface area (Å²) in [6.45, 7) is 6.49. The van der Waals surface area contributed by atoms with Crippen LogP contribution in [-0.2, 0) is 57.5 Å². The van der Waals surface area contributed by atoms with Crippen LogP contribution in [0.1, 0.15) is 207 Å². The molecular weight excluding hydrogens is 1330 g/mol. The number of rotatable bonds is 11. The number of fused-ring (bicyclic) bond motifs is 1. The van der Waals surface area contributed by atoms with Crippen molar-refractivity contribution in [2.45, 2.75) is 267 Å². The van der Waals surface area contributed by atoms with E-state index < -0.39 is 180 Å². The molecule has 0 aromatic heterocycles. The van der Waals surface area contributed by atoms with Crippen molar-refractivity contribution in [1.82, 2.24) is 60.0 Å². The van der Waals surface area contributed by atoms with Gasteiger partial charge < -0.3 is 60.0 Å². The van der Waals surface area contributed by atoms with Crippen LogP contribution in [0.4, 0.5) is 13.2 Å². The van der Waals surface area contributed by atoms with E-state index >= 15 is 28.8 Å². The molecule has 0 radical (unpaired) electrons. The Morgan fingerprint density at radius 3 is 1.76 bits per heavy atom. The van der Waals surface area contributed by atoms with Crippen LogP contribution >= 0.6 is 11.6 Å². The smallest absolute Gasteiger partial charge is 0.343 e. The second-order valence-corrected chi connectivity index (χ2v) is 31.5. The maximum absolute atomic E-state index is 15.8. The van der Waals surface area contributed by atoms with Gasteiger partial charge in [0.15, 0.2) is 0 Å². The van der Waals surface area contributed by atoms with Crippen molar-refractivity contribution in [2.24, 2.45) is 35.5 Å². The highest BCUT2D eigenvalue weighted by Crippen LogP contribution is 2.44. The highest BCUT2D eigenvalue weighted by molar-refractivity contribution is 6.21. The Kier molecular flexibility index (Phi) is 30.0. The fraction of sp³-hybridized carbons (Fsp3) is 0.836. The Labute approximate surface area is 601 Å². The average Bonchev–Trinajstić information content (AvgIpc) is 1.74. The van der Waals surface area contributed by atoms with Crippen LogP contribution in [0.3, 0.4) is 0 Å². The van der Waals surface area contributed by atoms with Gasteiger partial charge in [0.05, 0.1) is 32.0 Å². The minimum Gasteiger partial charge on any atom is -0.343 e. The predicted octanol–water partition coefficient (Wildman–Crippen LogP) is 6.48. The maximum atomic E-state index is 15.8. The molecule has 1 spiro atoms. The minimum atomic E-state index is -4.51. The van der Waals surface area contributed by atoms with Gasteiger partial charge >= 0.3 is 6.18 Å². The number of carbonyl (C=O) groups excluding carboxylic acids is 12. The molecule has 101 heavy (non-hydrogen) atoms. The average molecular weight is 1450 g/mol. The summed E-state index contributed by atoms with van der Waals surface area (Å²) in [5.74, 6) is -10.8. The first-order valence-electron chi connectivity index (χ1n) is 37.8. The van der Waals surface area contributed by atoms with E-state index in [1.807, 2.05) is 13.8 Å². The SMILES string of the molecule is CC[C@H](C)[C@@H]1NC(=O)[C@H]([C@@H](C)CC)N(C)C(=O)C[C@@H](C(=O)N2CCCCC2)N(C)C(=O)[C@H](C2CCCCC2)N(C)C(=O)C2(CCCC2)NC(=O)[C@@H]2CCCN2C(=O)[C@H](CCC2CCC(C(F)(F)F)C(Cl)C2)NC(=O)CN(C)C(=O)[C@H](CC2CCCCC2)N(C)C(=O)CN(C)C(=O)CN(C)C1=O. The van der Waals surface area contributed by atoms with Gasteiger partial charge in [0.2, 0.25) is 70.9 Å². The van der Waals surface area contributed by atoms with Crippen LogP contribution < -0.4 is 16.0 Å². The van der Waals surface area contributed by atoms with E-state index in [0.29, 0.717) is 70.9 Å². The van der Waals surface area contributed by atoms with Crippen molar-refractivity contribution in [3.8, 4) is 0 Å². The van der Waals surface area contributed by atoms with E-state index in [-0.39, 0.29) is 76.2 Å². The molecule has 0 aromatic carbocycles. The molecule has 0 bridgehead atoms. The second kappa shape index (κ2) is 36.9. The number of hydrogen-bond donors (Lipinski definition) is 3. The standard InChI is InChI=1S/C73H118ClF3N12O12/c1-12-46(3)61-69(99)83(7)44-59(92)81(5)45-60(93)84(8)55(41-48-26-17-14-18-27-48)67(97)82(6)43-57(90)78-53(34-32-49-31-33-51(52(74)40-49)73(75,76)77)66(96)89-39-25-30-54(89)64(94)80-72(35-21-22-36-72)71(101)87(11)63(50-28-19-15-20-29-50)70(100)85(9)56(68(98)88-37-23-16-24-38-88)42-58(91)86(10)62(47(4)13-2)65(95)79-61/h46-56,61-63H,12-45H2,1-11H3,(H,78,90)(H,79,95)(H,80,94)/t46-,47-,49?,51?,52?,53-,54-,55-,56-,61-,62-,63-/m0/s1. The lowest BCUT2D eigenvalue weighted by Crippen LogP contribution is -2.65. The number of amides is 12. The molecule has 3 N–H and O–H groups in total. The summed E-state index contributed by atoms with van der Waals surface area (Å²) in [6.07, 6.45) is 8.25. The molecule has 3 unspecified atom stereocenters. The molecule has 7 aliphatic rings. The highest BCUT2D eigenvalue weighted by atomic mass is 35.5. The molecule has 7 fully saturated rings. The van der Waals surface area contributed by atoms with Gasteiger partial charge in [-0.15, -0.1) is 11.6 Å². The van der Waals surface area contributed by atoms with Crippen LogP contribution in [0, 0.1) is 35.5 Å². The third-order valence-corrected chi connectivity index (χ3v) is 24.3. The van der Waals surface area contributed by atoms with Crippen molar-refractivity contribution < 1.29 is 70.7 Å². The topological polar surface area (TPSA) is 270 Å². The first kappa shape index (κ1) is 82.0. The van der Waals surface area contributed by atoms with Crippen LogP contribution in [0.5, 0.6) is 0 Å². The number of nitrogens with one attached hydrogen (secondary N) is 3. The van der Waals surface area contributed by atoms with E-state index in [1.54, 1.807) is 18.7 Å². The maximum Gasteiger partial charge on any atom is 0.393 e. The quantitative estimate of drug-likeness (QED) is 0.188. The minimum absolute atomic E-state index is 0.00307. The first-order chi connectivity index (χ1) is 47.7. The van der Waals surface area contributed by atoms with Crippen molar-refractivity contribution in [1.29, 1.82) is 0 Å². The third-order valence-electron chi connectivity index (χ3n) is 23.9. The van der Waals surface area contributed by atoms with Gasteiger partial charge in [0, 0.05) is 74.3 Å². The summed E-state index contributed by atoms with van der Waals surface area (Å²) >= 11 is 6.41. The van der Waals surface area contributed by atoms with E-state index in [0.717, 1.165) is 67.6 Å². The molecule has 3 saturated heterocycles. The van der Waals surface area contributed by atoms with Gasteiger partial charge in [-0.25, -0.2) is 0 Å². The molecule has 570 valence electrons. The Morgan fingerprint density at radius 2 is 1.16 bits per heavy atom. The van der Waals surface area contributed by atoms with Crippen LogP contribution in [0.15, 0.2) is 0 Å². The first-order valence-corrected chi connectivity index (χ1v) is 38.2. The molecule has 0 aromatic rings. The lowest BCUT2D eigenvalue weighted by Gasteiger charge is -2.43. The highest BCUT2D eigenvalue weighted by Gasteiger charge is 2.52. The number of likely N-dealkylation sites (N-methyl/N-ethyl adjacent to an activating group) is 7. The summed E-state index contributed by atoms with van der Waals surface area (Å²) in [4.78, 5) is 192. The molecule has 28 heteroatoms. The Bertz CT molecular complexity index is 2920. The predicted molar refractivity (Wildman–Crippen MR) is 375 cm³/mol. The van der Waals surface area contributed by atoms with Gasteiger partial charge in [-0.3, -0.25) is 57.5 Å². The molecule has 3 aliphatic heterocycles. The molecule has 4 aliphatic carbocycles. The summed E-state index contributed by atoms with van der Waals surface area (Å²) in [6, 6.07) is -8.53. The lowest BCUT2D eigenvalue weighted by molar-refractivity contribution is -0.182. The van der Waals surface area contributed by atoms with Crippen molar-refractivity contribution >= 4 is 82.5 Å². The number of hydrogen-bond acceptors (Lipinski definition) is 12. The largest absolute Gasteiger partial charge is 0.393 e. The van der Waals surface area contributed by atoms with Crippen molar-refractivity contribution in [3.05, 3.63) is 0 Å². The van der Waals surface area contributed by atoms with Gasteiger partial charge in [-0.1, -0.05) is 105 Å². The fourth-order valence-corrected chi connectivity index (χ4v) is 17.5. The van der Waals surface area contributed by atoms with Crippen LogP contribution in [-0.4, -0.2) is 263 Å². The summed E-state index contributed by atoms with van der Waals surface area (Å²) in [7, 11) is 10.1. The molecular formula is C73H118ClF3N12O12. The third kappa shape index (κ3) is 20.6. The number of nitrogens with zero attached hydrogens (tertiary/aromatic N) is 9. The van der Waals surface area contributed by atoms with E-state index in [9.17, 15) is 41.9 Å². The number of piperidine rings is 1. The molecule has 24 nitrogen and oxygen atoms in total. The van der Waals surface area contributed by atoms with Gasteiger partial charge in [-0.2, -0.15) is 13.2 Å². The fourth-order valence-electron chi connectivity index (χ4n) is 16.9. The second-order valence-electron chi connectivity index (χ2n) is 30.9. The molecule has 12 atom stereocenters. The Morgan fingerprint density at radius 1 is 0.564 bits per heavy atom. The van der Waals surface area contributed by atoms with Crippen LogP contribution in [0.2, 0.25) is 0 Å². The number of carbonyl (C=O) groups is 12. The zero-order valence-electron chi connectivity index (χ0n) is 62.1. The molecule has 3 heterocycles. The van der Waals surface area contributed by atoms with Crippen LogP contribution in [0.25, 0.3) is 0 Å². The molecule has 4 saturated carbocycles. The zero-order valence-corrected chi connectivity index (χ0v) is 62.8. The van der Waals surface area contributed by atoms with E-state index in [4.69, 9.17) is 11.6 Å². The number of halogens is 4. The normalized spacial score (nSPS) is 30.2. The Balaban J connectivity index is 1.28. The zero-order chi connectivity index (χ0) is 74.4. The number of alkyl halides is 4. The van der Waals surface area contributed by atoms with Gasteiger partial charge in [0.25, 0.3) is 0 Å². The molecule has 12 amide bonds. The number of likely N-dealkylation sites (tertiary alicyclic amines) is 1. The van der Waals surface area contributed by atoms with Gasteiger partial charge in [0.1, 0.15) is 47.8 Å². The summed E-state index contributed by atoms with van der Waals surface area (Å²) < 4.78 is 42.1. The van der Waals surface area contributed by atoms with Crippen molar-refractivity contribution in [3.63, 3.8) is 0 Å². The summed E-state index contributed by atoms with van der Waals surface area (Å²) in [5.41, 5.74) is -1.55. The van der Waals surface area contributed by atoms with Gasteiger partial charge in [-0.05, 0) is 126 Å². The Hall–Kier alpha value is -6.28. The van der Waals surface area contributed by atoms with E-state index in [1.165, 1.54) is 78.7 Å². The van der Waals surface area contributed by atoms with E-state index in [2.05, 4.69) is 16.0 Å². The lowest BCUT2D eigenvalue weighted by atomic mass is 9.78.